The molecule has 16 heavy (non-hydrogen) atoms. The summed E-state index contributed by atoms with van der Waals surface area (Å²) in [5.74, 6) is -0.403. The van der Waals surface area contributed by atoms with Gasteiger partial charge in [-0.2, -0.15) is 0 Å². The third kappa shape index (κ3) is 2.04. The van der Waals surface area contributed by atoms with Crippen LogP contribution in [0.5, 0.6) is 0 Å². The predicted octanol–water partition coefficient (Wildman–Crippen LogP) is 0.0683. The number of hydrogen-bond donors (Lipinski definition) is 3. The molecule has 0 saturated heterocycles. The number of hydrogen-bond acceptors (Lipinski definition) is 3. The third-order valence-electron chi connectivity index (χ3n) is 2.62. The average molecular weight is 219 g/mol. The normalized spacial score (nSPS) is 18.6. The molecule has 1 atom stereocenters. The molecular weight excluding hydrogens is 206 g/mol. The summed E-state index contributed by atoms with van der Waals surface area (Å²) in [6.45, 7) is 0.716. The maximum Gasteiger partial charge on any atom is 0.318 e. The van der Waals surface area contributed by atoms with Gasteiger partial charge >= 0.3 is 6.03 Å². The van der Waals surface area contributed by atoms with Crippen LogP contribution in [-0.4, -0.2) is 18.5 Å². The summed E-state index contributed by atoms with van der Waals surface area (Å²) in [4.78, 5) is 22.3. The Kier molecular flexibility index (Phi) is 2.87. The summed E-state index contributed by atoms with van der Waals surface area (Å²) >= 11 is 0. The second kappa shape index (κ2) is 4.32. The Balaban J connectivity index is 2.24. The molecular formula is C11H13N3O2. The molecule has 1 aromatic carbocycles. The van der Waals surface area contributed by atoms with Crippen LogP contribution in [-0.2, 0) is 11.2 Å². The van der Waals surface area contributed by atoms with Gasteiger partial charge in [-0.25, -0.2) is 4.79 Å². The van der Waals surface area contributed by atoms with Gasteiger partial charge in [-0.05, 0) is 17.5 Å². The molecule has 0 spiro atoms. The van der Waals surface area contributed by atoms with E-state index in [0.717, 1.165) is 17.5 Å². The summed E-state index contributed by atoms with van der Waals surface area (Å²) in [5.41, 5.74) is 6.96. The van der Waals surface area contributed by atoms with Gasteiger partial charge in [0.25, 0.3) is 0 Å². The molecule has 0 fully saturated rings. The Labute approximate surface area is 93.0 Å². The van der Waals surface area contributed by atoms with Crippen molar-refractivity contribution in [1.82, 2.24) is 10.6 Å². The van der Waals surface area contributed by atoms with E-state index in [1.54, 1.807) is 0 Å². The van der Waals surface area contributed by atoms with Crippen molar-refractivity contribution in [2.24, 2.45) is 5.73 Å². The number of fused-ring (bicyclic) bond motifs is 1. The number of nitrogens with one attached hydrogen (secondary N) is 2. The van der Waals surface area contributed by atoms with Crippen LogP contribution >= 0.6 is 0 Å². The van der Waals surface area contributed by atoms with E-state index in [9.17, 15) is 9.59 Å². The molecule has 2 rings (SSSR count). The van der Waals surface area contributed by atoms with Crippen LogP contribution in [0.25, 0.3) is 0 Å². The molecule has 5 heteroatoms. The summed E-state index contributed by atoms with van der Waals surface area (Å²) in [5, 5.41) is 5.15. The van der Waals surface area contributed by atoms with Gasteiger partial charge in [0.05, 0.1) is 0 Å². The van der Waals surface area contributed by atoms with Crippen molar-refractivity contribution in [2.45, 2.75) is 12.5 Å². The van der Waals surface area contributed by atoms with Gasteiger partial charge in [-0.15, -0.1) is 0 Å². The predicted molar refractivity (Wildman–Crippen MR) is 58.6 cm³/mol. The summed E-state index contributed by atoms with van der Waals surface area (Å²) in [6.07, 6.45) is 0.885. The highest BCUT2D eigenvalue weighted by Gasteiger charge is 2.26. The molecule has 4 N–H and O–H groups in total. The minimum Gasteiger partial charge on any atom is -0.351 e. The van der Waals surface area contributed by atoms with Crippen LogP contribution in [0.1, 0.15) is 17.2 Å². The number of carbonyl (C=O) groups excluding carboxylic acids is 2. The molecule has 84 valence electrons. The number of benzene rings is 1. The van der Waals surface area contributed by atoms with E-state index >= 15 is 0 Å². The van der Waals surface area contributed by atoms with Crippen molar-refractivity contribution >= 4 is 11.9 Å². The van der Waals surface area contributed by atoms with E-state index in [0.29, 0.717) is 6.54 Å². The molecule has 1 unspecified atom stereocenters. The summed E-state index contributed by atoms with van der Waals surface area (Å²) in [6, 6.07) is 6.36. The molecule has 0 saturated carbocycles. The van der Waals surface area contributed by atoms with Crippen LogP contribution in [0, 0.1) is 0 Å². The summed E-state index contributed by atoms with van der Waals surface area (Å²) < 4.78 is 0. The highest BCUT2D eigenvalue weighted by molar-refractivity contribution is 5.97. The average Bonchev–Trinajstić information content (AvgIpc) is 2.27. The van der Waals surface area contributed by atoms with Gasteiger partial charge in [0.2, 0.25) is 5.91 Å². The standard InChI is InChI=1S/C11H13N3O2/c12-11(16)14-10(15)9-8-4-2-1-3-7(8)5-6-13-9/h1-4,9,13H,5-6H2,(H3,12,14,15,16). The number of nitrogens with two attached hydrogens (primary N) is 1. The van der Waals surface area contributed by atoms with Crippen LogP contribution < -0.4 is 16.4 Å². The molecule has 0 aromatic heterocycles. The molecule has 3 amide bonds. The first-order valence-electron chi connectivity index (χ1n) is 5.10. The van der Waals surface area contributed by atoms with Crippen molar-refractivity contribution in [2.75, 3.05) is 6.54 Å². The molecule has 0 aliphatic carbocycles. The Morgan fingerprint density at radius 2 is 2.12 bits per heavy atom. The molecule has 1 aliphatic rings. The second-order valence-electron chi connectivity index (χ2n) is 3.69. The van der Waals surface area contributed by atoms with Crippen molar-refractivity contribution < 1.29 is 9.59 Å². The smallest absolute Gasteiger partial charge is 0.318 e. The first-order valence-corrected chi connectivity index (χ1v) is 5.10. The SMILES string of the molecule is NC(=O)NC(=O)C1NCCc2ccccc21. The molecule has 1 aromatic rings. The Hall–Kier alpha value is -1.88. The first-order chi connectivity index (χ1) is 7.68. The van der Waals surface area contributed by atoms with E-state index in [1.807, 2.05) is 24.3 Å². The van der Waals surface area contributed by atoms with Gasteiger partial charge in [0, 0.05) is 6.54 Å². The van der Waals surface area contributed by atoms with Crippen molar-refractivity contribution in [3.63, 3.8) is 0 Å². The fourth-order valence-corrected chi connectivity index (χ4v) is 1.93. The number of carbonyl (C=O) groups is 2. The fourth-order valence-electron chi connectivity index (χ4n) is 1.93. The zero-order chi connectivity index (χ0) is 11.5. The Morgan fingerprint density at radius 1 is 1.38 bits per heavy atom. The van der Waals surface area contributed by atoms with Crippen LogP contribution in [0.3, 0.4) is 0 Å². The monoisotopic (exact) mass is 219 g/mol. The lowest BCUT2D eigenvalue weighted by Gasteiger charge is -2.25. The minimum atomic E-state index is -0.824. The lowest BCUT2D eigenvalue weighted by Crippen LogP contribution is -2.45. The van der Waals surface area contributed by atoms with Gasteiger partial charge < -0.3 is 11.1 Å². The maximum absolute atomic E-state index is 11.7. The highest BCUT2D eigenvalue weighted by atomic mass is 16.2. The topological polar surface area (TPSA) is 84.2 Å². The molecule has 1 heterocycles. The summed E-state index contributed by atoms with van der Waals surface area (Å²) in [7, 11) is 0. The van der Waals surface area contributed by atoms with Crippen LogP contribution in [0.4, 0.5) is 4.79 Å². The minimum absolute atomic E-state index is 0.403. The number of rotatable bonds is 1. The zero-order valence-corrected chi connectivity index (χ0v) is 8.69. The van der Waals surface area contributed by atoms with E-state index in [-0.39, 0.29) is 0 Å². The van der Waals surface area contributed by atoms with Gasteiger partial charge in [0.15, 0.2) is 0 Å². The lowest BCUT2D eigenvalue weighted by molar-refractivity contribution is -0.122. The van der Waals surface area contributed by atoms with Crippen molar-refractivity contribution in [3.8, 4) is 0 Å². The molecule has 5 nitrogen and oxygen atoms in total. The number of amides is 3. The Morgan fingerprint density at radius 3 is 2.88 bits per heavy atom. The van der Waals surface area contributed by atoms with E-state index in [2.05, 4.69) is 10.6 Å². The largest absolute Gasteiger partial charge is 0.351 e. The second-order valence-corrected chi connectivity index (χ2v) is 3.69. The van der Waals surface area contributed by atoms with Crippen LogP contribution in [0.2, 0.25) is 0 Å². The van der Waals surface area contributed by atoms with E-state index in [4.69, 9.17) is 5.73 Å². The van der Waals surface area contributed by atoms with Crippen LogP contribution in [0.15, 0.2) is 24.3 Å². The van der Waals surface area contributed by atoms with Crippen molar-refractivity contribution in [3.05, 3.63) is 35.4 Å². The number of urea groups is 1. The fraction of sp³-hybridized carbons (Fsp3) is 0.273. The third-order valence-corrected chi connectivity index (χ3v) is 2.62. The van der Waals surface area contributed by atoms with Crippen molar-refractivity contribution in [1.29, 1.82) is 0 Å². The molecule has 0 radical (unpaired) electrons. The lowest BCUT2D eigenvalue weighted by atomic mass is 9.94. The van der Waals surface area contributed by atoms with Gasteiger partial charge in [-0.3, -0.25) is 10.1 Å². The first kappa shape index (κ1) is 10.6. The highest BCUT2D eigenvalue weighted by Crippen LogP contribution is 2.22. The van der Waals surface area contributed by atoms with Gasteiger partial charge in [0.1, 0.15) is 6.04 Å². The Bertz CT molecular complexity index is 431. The number of primary amides is 1. The molecule has 0 bridgehead atoms. The van der Waals surface area contributed by atoms with E-state index < -0.39 is 18.0 Å². The zero-order valence-electron chi connectivity index (χ0n) is 8.69. The van der Waals surface area contributed by atoms with Gasteiger partial charge in [-0.1, -0.05) is 24.3 Å². The van der Waals surface area contributed by atoms with E-state index in [1.165, 1.54) is 0 Å². The quantitative estimate of drug-likeness (QED) is 0.624. The molecule has 1 aliphatic heterocycles. The number of imide groups is 1. The maximum atomic E-state index is 11.7.